The van der Waals surface area contributed by atoms with Crippen LogP contribution in [0.4, 0.5) is 0 Å². The van der Waals surface area contributed by atoms with Gasteiger partial charge in [-0.15, -0.1) is 0 Å². The van der Waals surface area contributed by atoms with Crippen LogP contribution in [0.2, 0.25) is 0 Å². The average Bonchev–Trinajstić information content (AvgIpc) is 2.71. The summed E-state index contributed by atoms with van der Waals surface area (Å²) in [4.78, 5) is 0. The lowest BCUT2D eigenvalue weighted by molar-refractivity contribution is -0.163. The minimum atomic E-state index is -0.0457. The van der Waals surface area contributed by atoms with Gasteiger partial charge in [0.15, 0.2) is 6.29 Å². The quantitative estimate of drug-likeness (QED) is 0.817. The molecular formula is C11H17IN2O3. The van der Waals surface area contributed by atoms with Crippen molar-refractivity contribution in [3.05, 3.63) is 15.5 Å². The van der Waals surface area contributed by atoms with Crippen LogP contribution in [0.25, 0.3) is 0 Å². The second-order valence-corrected chi connectivity index (χ2v) is 5.17. The Bertz CT molecular complexity index is 350. The topological polar surface area (TPSA) is 56.5 Å². The molecule has 1 aliphatic heterocycles. The van der Waals surface area contributed by atoms with Crippen LogP contribution in [-0.2, 0) is 22.6 Å². The van der Waals surface area contributed by atoms with E-state index in [1.54, 1.807) is 4.68 Å². The highest BCUT2D eigenvalue weighted by molar-refractivity contribution is 14.1. The minimum Gasteiger partial charge on any atom is -0.390 e. The third-order valence-corrected chi connectivity index (χ3v) is 3.60. The molecule has 1 aromatic heterocycles. The molecule has 1 fully saturated rings. The van der Waals surface area contributed by atoms with Crippen LogP contribution in [0.15, 0.2) is 6.20 Å². The highest BCUT2D eigenvalue weighted by atomic mass is 127. The number of aliphatic hydroxyl groups excluding tert-OH is 1. The zero-order chi connectivity index (χ0) is 12.1. The van der Waals surface area contributed by atoms with E-state index in [-0.39, 0.29) is 12.9 Å². The van der Waals surface area contributed by atoms with Gasteiger partial charge in [0.25, 0.3) is 0 Å². The maximum Gasteiger partial charge on any atom is 0.157 e. The van der Waals surface area contributed by atoms with Gasteiger partial charge in [0.05, 0.1) is 23.3 Å². The Morgan fingerprint density at radius 2 is 2.47 bits per heavy atom. The summed E-state index contributed by atoms with van der Waals surface area (Å²) in [5, 5.41) is 13.3. The predicted molar refractivity (Wildman–Crippen MR) is 70.4 cm³/mol. The van der Waals surface area contributed by atoms with Crippen LogP contribution in [0.3, 0.4) is 0 Å². The summed E-state index contributed by atoms with van der Waals surface area (Å²) in [7, 11) is 0. The van der Waals surface area contributed by atoms with E-state index in [0.29, 0.717) is 13.2 Å². The van der Waals surface area contributed by atoms with E-state index in [1.165, 1.54) is 6.42 Å². The van der Waals surface area contributed by atoms with Gasteiger partial charge in [-0.3, -0.25) is 4.68 Å². The number of hydrogen-bond donors (Lipinski definition) is 1. The number of aliphatic hydroxyl groups is 1. The molecule has 0 saturated carbocycles. The average molecular weight is 352 g/mol. The maximum atomic E-state index is 9.03. The Hall–Kier alpha value is -0.180. The normalized spacial score (nSPS) is 20.7. The lowest BCUT2D eigenvalue weighted by atomic mass is 10.2. The molecule has 17 heavy (non-hydrogen) atoms. The van der Waals surface area contributed by atoms with Crippen LogP contribution in [0.1, 0.15) is 25.0 Å². The molecule has 0 spiro atoms. The lowest BCUT2D eigenvalue weighted by Gasteiger charge is -2.22. The summed E-state index contributed by atoms with van der Waals surface area (Å²) in [6.07, 6.45) is 5.17. The number of ether oxygens (including phenoxy) is 2. The molecule has 2 heterocycles. The molecule has 0 amide bonds. The van der Waals surface area contributed by atoms with E-state index < -0.39 is 0 Å². The molecule has 1 unspecified atom stereocenters. The third-order valence-electron chi connectivity index (χ3n) is 2.70. The summed E-state index contributed by atoms with van der Waals surface area (Å²) in [6, 6.07) is 0. The van der Waals surface area contributed by atoms with Gasteiger partial charge >= 0.3 is 0 Å². The Morgan fingerprint density at radius 1 is 1.59 bits per heavy atom. The molecule has 0 aromatic carbocycles. The van der Waals surface area contributed by atoms with Crippen molar-refractivity contribution < 1.29 is 14.6 Å². The predicted octanol–water partition coefficient (Wildman–Crippen LogP) is 1.52. The van der Waals surface area contributed by atoms with E-state index in [0.717, 1.165) is 28.7 Å². The van der Waals surface area contributed by atoms with Crippen molar-refractivity contribution in [3.8, 4) is 0 Å². The third kappa shape index (κ3) is 3.90. The molecule has 0 bridgehead atoms. The zero-order valence-electron chi connectivity index (χ0n) is 9.64. The summed E-state index contributed by atoms with van der Waals surface area (Å²) >= 11 is 2.17. The van der Waals surface area contributed by atoms with Gasteiger partial charge in [-0.2, -0.15) is 5.10 Å². The fourth-order valence-electron chi connectivity index (χ4n) is 1.78. The highest BCUT2D eigenvalue weighted by Crippen LogP contribution is 2.14. The molecule has 1 atom stereocenters. The van der Waals surface area contributed by atoms with Gasteiger partial charge in [-0.25, -0.2) is 0 Å². The fraction of sp³-hybridized carbons (Fsp3) is 0.727. The Morgan fingerprint density at radius 3 is 3.12 bits per heavy atom. The molecule has 6 heteroatoms. The van der Waals surface area contributed by atoms with Gasteiger partial charge < -0.3 is 14.6 Å². The number of aromatic nitrogens is 2. The summed E-state index contributed by atoms with van der Waals surface area (Å²) < 4.78 is 13.9. The van der Waals surface area contributed by atoms with E-state index >= 15 is 0 Å². The second-order valence-electron chi connectivity index (χ2n) is 4.01. The van der Waals surface area contributed by atoms with Gasteiger partial charge in [-0.05, 0) is 41.9 Å². The smallest absolute Gasteiger partial charge is 0.157 e. The van der Waals surface area contributed by atoms with Crippen molar-refractivity contribution in [2.24, 2.45) is 0 Å². The molecule has 1 aliphatic rings. The van der Waals surface area contributed by atoms with Crippen molar-refractivity contribution >= 4 is 22.6 Å². The summed E-state index contributed by atoms with van der Waals surface area (Å²) in [5.74, 6) is 0. The first-order valence-electron chi connectivity index (χ1n) is 5.85. The van der Waals surface area contributed by atoms with E-state index in [2.05, 4.69) is 27.7 Å². The van der Waals surface area contributed by atoms with Crippen LogP contribution in [-0.4, -0.2) is 34.4 Å². The summed E-state index contributed by atoms with van der Waals surface area (Å²) in [6.45, 7) is 2.07. The molecular weight excluding hydrogens is 335 g/mol. The van der Waals surface area contributed by atoms with Gasteiger partial charge in [0, 0.05) is 12.8 Å². The molecule has 1 aromatic rings. The first-order valence-corrected chi connectivity index (χ1v) is 6.93. The van der Waals surface area contributed by atoms with E-state index in [1.807, 2.05) is 6.20 Å². The molecule has 0 aliphatic carbocycles. The zero-order valence-corrected chi connectivity index (χ0v) is 11.8. The van der Waals surface area contributed by atoms with Crippen LogP contribution in [0, 0.1) is 3.57 Å². The van der Waals surface area contributed by atoms with Gasteiger partial charge in [0.2, 0.25) is 0 Å². The SMILES string of the molecule is OCc1nn(CCOC2CCCCO2)cc1I. The van der Waals surface area contributed by atoms with Crippen LogP contribution >= 0.6 is 22.6 Å². The molecule has 5 nitrogen and oxygen atoms in total. The van der Waals surface area contributed by atoms with Gasteiger partial charge in [0.1, 0.15) is 5.69 Å². The molecule has 0 radical (unpaired) electrons. The van der Waals surface area contributed by atoms with Crippen molar-refractivity contribution in [1.29, 1.82) is 0 Å². The molecule has 1 N–H and O–H groups in total. The van der Waals surface area contributed by atoms with E-state index in [4.69, 9.17) is 14.6 Å². The minimum absolute atomic E-state index is 0.0160. The van der Waals surface area contributed by atoms with Gasteiger partial charge in [-0.1, -0.05) is 0 Å². The Labute approximate surface area is 114 Å². The second kappa shape index (κ2) is 6.67. The number of nitrogens with zero attached hydrogens (tertiary/aromatic N) is 2. The first kappa shape index (κ1) is 13.3. The fourth-order valence-corrected chi connectivity index (χ4v) is 2.38. The standard InChI is InChI=1S/C11H17IN2O3/c12-9-7-14(13-10(9)8-15)4-6-17-11-3-1-2-5-16-11/h7,11,15H,1-6,8H2. The molecule has 1 saturated heterocycles. The Kier molecular flexibility index (Phi) is 5.20. The van der Waals surface area contributed by atoms with E-state index in [9.17, 15) is 0 Å². The maximum absolute atomic E-state index is 9.03. The van der Waals surface area contributed by atoms with Crippen molar-refractivity contribution in [2.45, 2.75) is 38.7 Å². The summed E-state index contributed by atoms with van der Waals surface area (Å²) in [5.41, 5.74) is 0.722. The molecule has 2 rings (SSSR count). The number of halogens is 1. The van der Waals surface area contributed by atoms with Crippen molar-refractivity contribution in [1.82, 2.24) is 9.78 Å². The first-order chi connectivity index (χ1) is 8.29. The highest BCUT2D eigenvalue weighted by Gasteiger charge is 2.13. The number of rotatable bonds is 5. The Balaban J connectivity index is 1.73. The monoisotopic (exact) mass is 352 g/mol. The van der Waals surface area contributed by atoms with Crippen LogP contribution < -0.4 is 0 Å². The number of hydrogen-bond acceptors (Lipinski definition) is 4. The van der Waals surface area contributed by atoms with Crippen molar-refractivity contribution in [3.63, 3.8) is 0 Å². The molecule has 96 valence electrons. The van der Waals surface area contributed by atoms with Crippen molar-refractivity contribution in [2.75, 3.05) is 13.2 Å². The lowest BCUT2D eigenvalue weighted by Crippen LogP contribution is -2.24. The van der Waals surface area contributed by atoms with Crippen LogP contribution in [0.5, 0.6) is 0 Å². The largest absolute Gasteiger partial charge is 0.390 e.